The predicted molar refractivity (Wildman–Crippen MR) is 112 cm³/mol. The van der Waals surface area contributed by atoms with Crippen molar-refractivity contribution in [3.63, 3.8) is 0 Å². The van der Waals surface area contributed by atoms with Gasteiger partial charge in [-0.1, -0.05) is 35.9 Å². The van der Waals surface area contributed by atoms with Crippen LogP contribution in [-0.2, 0) is 11.3 Å². The summed E-state index contributed by atoms with van der Waals surface area (Å²) in [6.07, 6.45) is 0. The summed E-state index contributed by atoms with van der Waals surface area (Å²) in [4.78, 5) is 14.7. The first-order valence-electron chi connectivity index (χ1n) is 8.81. The first-order valence-corrected chi connectivity index (χ1v) is 9.22. The molecule has 1 heterocycles. The fraction of sp³-hybridized carbons (Fsp3) is 0.250. The number of anilines is 2. The van der Waals surface area contributed by atoms with Gasteiger partial charge in [-0.05, 0) is 44.3 Å². The van der Waals surface area contributed by atoms with E-state index in [0.717, 1.165) is 29.0 Å². The minimum absolute atomic E-state index is 0.0897. The Balaban J connectivity index is 1.78. The number of nitrogens with one attached hydrogen (secondary N) is 2. The summed E-state index contributed by atoms with van der Waals surface area (Å²) in [5, 5.41) is 10.0. The van der Waals surface area contributed by atoms with Crippen LogP contribution in [0.2, 0.25) is 0 Å². The maximum Gasteiger partial charge on any atom is 0.244 e. The van der Waals surface area contributed by atoms with Gasteiger partial charge in [0, 0.05) is 30.5 Å². The minimum Gasteiger partial charge on any atom is -0.375 e. The Morgan fingerprint density at radius 1 is 1.26 bits per heavy atom. The molecule has 0 aliphatic carbocycles. The monoisotopic (exact) mass is 381 g/mol. The lowest BCUT2D eigenvalue weighted by Crippen LogP contribution is -2.20. The Morgan fingerprint density at radius 3 is 2.70 bits per heavy atom. The van der Waals surface area contributed by atoms with Crippen molar-refractivity contribution in [2.45, 2.75) is 20.4 Å². The van der Waals surface area contributed by atoms with Crippen LogP contribution in [0.5, 0.6) is 0 Å². The van der Waals surface area contributed by atoms with E-state index < -0.39 is 0 Å². The first-order chi connectivity index (χ1) is 13.0. The van der Waals surface area contributed by atoms with Crippen LogP contribution < -0.4 is 10.2 Å². The van der Waals surface area contributed by atoms with Crippen LogP contribution in [-0.4, -0.2) is 34.3 Å². The summed E-state index contributed by atoms with van der Waals surface area (Å²) < 4.78 is 2.12. The standard InChI is InChI=1S/C20H23N5OS/c1-4-24(3)17-7-5-6-16(12-17)21-18(26)13-25-19(22-23-20(25)27)15-10-8-14(2)9-11-15/h5-12H,4,13H2,1-3H3,(H,21,26)(H,23,27). The first kappa shape index (κ1) is 18.8. The van der Waals surface area contributed by atoms with E-state index in [9.17, 15) is 4.79 Å². The third-order valence-corrected chi connectivity index (χ3v) is 4.73. The van der Waals surface area contributed by atoms with Gasteiger partial charge in [0.15, 0.2) is 10.6 Å². The highest BCUT2D eigenvalue weighted by atomic mass is 32.1. The molecule has 1 aromatic heterocycles. The highest BCUT2D eigenvalue weighted by molar-refractivity contribution is 7.71. The second kappa shape index (κ2) is 8.18. The van der Waals surface area contributed by atoms with Gasteiger partial charge in [0.25, 0.3) is 0 Å². The maximum absolute atomic E-state index is 12.6. The van der Waals surface area contributed by atoms with E-state index in [2.05, 4.69) is 27.3 Å². The molecule has 2 N–H and O–H groups in total. The number of amides is 1. The number of aromatic amines is 1. The van der Waals surface area contributed by atoms with Gasteiger partial charge in [0.2, 0.25) is 5.91 Å². The second-order valence-corrected chi connectivity index (χ2v) is 6.80. The van der Waals surface area contributed by atoms with Crippen molar-refractivity contribution < 1.29 is 4.79 Å². The minimum atomic E-state index is -0.155. The van der Waals surface area contributed by atoms with Gasteiger partial charge in [-0.3, -0.25) is 14.5 Å². The maximum atomic E-state index is 12.6. The van der Waals surface area contributed by atoms with Gasteiger partial charge < -0.3 is 10.2 Å². The van der Waals surface area contributed by atoms with Crippen LogP contribution >= 0.6 is 12.2 Å². The van der Waals surface area contributed by atoms with Gasteiger partial charge in [0.1, 0.15) is 6.54 Å². The van der Waals surface area contributed by atoms with Crippen LogP contribution in [0.3, 0.4) is 0 Å². The average molecular weight is 382 g/mol. The second-order valence-electron chi connectivity index (χ2n) is 6.42. The number of benzene rings is 2. The van der Waals surface area contributed by atoms with Crippen molar-refractivity contribution >= 4 is 29.5 Å². The number of nitrogens with zero attached hydrogens (tertiary/aromatic N) is 3. The summed E-state index contributed by atoms with van der Waals surface area (Å²) in [7, 11) is 2.01. The molecule has 3 aromatic rings. The topological polar surface area (TPSA) is 66.0 Å². The number of aromatic nitrogens is 3. The van der Waals surface area contributed by atoms with E-state index in [1.165, 1.54) is 0 Å². The van der Waals surface area contributed by atoms with E-state index >= 15 is 0 Å². The largest absolute Gasteiger partial charge is 0.375 e. The van der Waals surface area contributed by atoms with Crippen molar-refractivity contribution in [3.8, 4) is 11.4 Å². The Hall–Kier alpha value is -2.93. The summed E-state index contributed by atoms with van der Waals surface area (Å²) in [5.41, 5.74) is 3.88. The SMILES string of the molecule is CCN(C)c1cccc(NC(=O)Cn2c(-c3ccc(C)cc3)n[nH]c2=S)c1. The molecule has 1 amide bonds. The number of hydrogen-bond acceptors (Lipinski definition) is 4. The van der Waals surface area contributed by atoms with Crippen LogP contribution in [0, 0.1) is 11.7 Å². The lowest BCUT2D eigenvalue weighted by molar-refractivity contribution is -0.116. The van der Waals surface area contributed by atoms with Crippen LogP contribution in [0.15, 0.2) is 48.5 Å². The number of carbonyl (C=O) groups is 1. The molecule has 140 valence electrons. The van der Waals surface area contributed by atoms with Crippen molar-refractivity contribution in [1.82, 2.24) is 14.8 Å². The lowest BCUT2D eigenvalue weighted by atomic mass is 10.1. The van der Waals surface area contributed by atoms with Gasteiger partial charge in [-0.15, -0.1) is 0 Å². The van der Waals surface area contributed by atoms with Crippen molar-refractivity contribution in [3.05, 3.63) is 58.9 Å². The van der Waals surface area contributed by atoms with Crippen LogP contribution in [0.1, 0.15) is 12.5 Å². The van der Waals surface area contributed by atoms with Crippen molar-refractivity contribution in [1.29, 1.82) is 0 Å². The van der Waals surface area contributed by atoms with E-state index in [0.29, 0.717) is 10.6 Å². The molecule has 0 radical (unpaired) electrons. The molecule has 0 spiro atoms. The Bertz CT molecular complexity index is 990. The molecule has 0 saturated carbocycles. The number of hydrogen-bond donors (Lipinski definition) is 2. The molecule has 7 heteroatoms. The molecule has 0 atom stereocenters. The fourth-order valence-electron chi connectivity index (χ4n) is 2.74. The summed E-state index contributed by atoms with van der Waals surface area (Å²) in [6, 6.07) is 15.7. The molecule has 0 aliphatic heterocycles. The van der Waals surface area contributed by atoms with Gasteiger partial charge in [-0.2, -0.15) is 5.10 Å². The molecule has 0 unspecified atom stereocenters. The fourth-order valence-corrected chi connectivity index (χ4v) is 2.93. The number of carbonyl (C=O) groups excluding carboxylic acids is 1. The molecule has 3 rings (SSSR count). The highest BCUT2D eigenvalue weighted by Crippen LogP contribution is 2.20. The molecule has 6 nitrogen and oxygen atoms in total. The summed E-state index contributed by atoms with van der Waals surface area (Å²) >= 11 is 5.31. The van der Waals surface area contributed by atoms with Crippen molar-refractivity contribution in [2.24, 2.45) is 0 Å². The number of rotatable bonds is 6. The van der Waals surface area contributed by atoms with Gasteiger partial charge in [-0.25, -0.2) is 0 Å². The zero-order valence-corrected chi connectivity index (χ0v) is 16.5. The molecule has 2 aromatic carbocycles. The Kier molecular flexibility index (Phi) is 5.71. The van der Waals surface area contributed by atoms with Crippen molar-refractivity contribution in [2.75, 3.05) is 23.8 Å². The number of H-pyrrole nitrogens is 1. The molecular weight excluding hydrogens is 358 g/mol. The van der Waals surface area contributed by atoms with E-state index in [-0.39, 0.29) is 12.5 Å². The zero-order valence-electron chi connectivity index (χ0n) is 15.7. The predicted octanol–water partition coefficient (Wildman–Crippen LogP) is 4.01. The smallest absolute Gasteiger partial charge is 0.244 e. The summed E-state index contributed by atoms with van der Waals surface area (Å²) in [5.74, 6) is 0.492. The molecular formula is C20H23N5OS. The molecule has 0 saturated heterocycles. The van der Waals surface area contributed by atoms with E-state index in [4.69, 9.17) is 12.2 Å². The van der Waals surface area contributed by atoms with Crippen LogP contribution in [0.4, 0.5) is 11.4 Å². The summed E-state index contributed by atoms with van der Waals surface area (Å²) in [6.45, 7) is 5.09. The third kappa shape index (κ3) is 4.43. The lowest BCUT2D eigenvalue weighted by Gasteiger charge is -2.17. The molecule has 27 heavy (non-hydrogen) atoms. The molecule has 0 bridgehead atoms. The highest BCUT2D eigenvalue weighted by Gasteiger charge is 2.13. The van der Waals surface area contributed by atoms with Gasteiger partial charge >= 0.3 is 0 Å². The van der Waals surface area contributed by atoms with E-state index in [1.807, 2.05) is 62.5 Å². The molecule has 0 fully saturated rings. The number of aryl methyl sites for hydroxylation is 1. The Labute approximate surface area is 163 Å². The quantitative estimate of drug-likeness (QED) is 0.633. The zero-order chi connectivity index (χ0) is 19.4. The molecule has 0 aliphatic rings. The van der Waals surface area contributed by atoms with Crippen LogP contribution in [0.25, 0.3) is 11.4 Å². The third-order valence-electron chi connectivity index (χ3n) is 4.41. The van der Waals surface area contributed by atoms with Gasteiger partial charge in [0.05, 0.1) is 0 Å². The Morgan fingerprint density at radius 2 is 2.00 bits per heavy atom. The average Bonchev–Trinajstić information content (AvgIpc) is 3.02. The normalized spacial score (nSPS) is 10.6. The van der Waals surface area contributed by atoms with E-state index in [1.54, 1.807) is 4.57 Å².